The number of benzene rings is 4. The predicted octanol–water partition coefficient (Wildman–Crippen LogP) is 5.80. The maximum absolute atomic E-state index is 13.2. The summed E-state index contributed by atoms with van der Waals surface area (Å²) in [7, 11) is 4.62. The molecule has 0 spiro atoms. The molecule has 0 unspecified atom stereocenters. The van der Waals surface area contributed by atoms with Crippen molar-refractivity contribution in [2.75, 3.05) is 21.3 Å². The average molecular weight is 561 g/mol. The van der Waals surface area contributed by atoms with Crippen LogP contribution in [-0.2, 0) is 6.61 Å². The largest absolute Gasteiger partial charge is 0.497 e. The van der Waals surface area contributed by atoms with Crippen LogP contribution < -0.4 is 29.6 Å². The monoisotopic (exact) mass is 560 g/mol. The van der Waals surface area contributed by atoms with E-state index >= 15 is 0 Å². The number of rotatable bonds is 11. The molecule has 0 aliphatic heterocycles. The molecule has 40 heavy (non-hydrogen) atoms. The number of carbonyl (C=O) groups excluding carboxylic acids is 2. The van der Waals surface area contributed by atoms with Crippen molar-refractivity contribution in [1.82, 2.24) is 10.6 Å². The van der Waals surface area contributed by atoms with Crippen molar-refractivity contribution < 1.29 is 28.5 Å². The molecule has 0 heterocycles. The maximum atomic E-state index is 13.2. The lowest BCUT2D eigenvalue weighted by Gasteiger charge is -2.22. The summed E-state index contributed by atoms with van der Waals surface area (Å²) in [5, 5.41) is 6.39. The van der Waals surface area contributed by atoms with Crippen LogP contribution in [0.5, 0.6) is 23.0 Å². The zero-order valence-corrected chi connectivity index (χ0v) is 23.0. The lowest BCUT2D eigenvalue weighted by Crippen LogP contribution is -2.41. The second-order valence-electron chi connectivity index (χ2n) is 8.63. The van der Waals surface area contributed by atoms with Gasteiger partial charge in [0, 0.05) is 21.7 Å². The fraction of sp³-hybridized carbons (Fsp3) is 0.161. The second kappa shape index (κ2) is 13.4. The minimum absolute atomic E-state index is 0.237. The fourth-order valence-corrected chi connectivity index (χ4v) is 4.06. The molecular formula is C31H29ClN2O6. The Kier molecular flexibility index (Phi) is 9.48. The van der Waals surface area contributed by atoms with E-state index in [0.29, 0.717) is 44.7 Å². The molecule has 2 amide bonds. The van der Waals surface area contributed by atoms with Crippen LogP contribution in [0.25, 0.3) is 0 Å². The van der Waals surface area contributed by atoms with Gasteiger partial charge in [0.15, 0.2) is 11.5 Å². The van der Waals surface area contributed by atoms with Crippen molar-refractivity contribution in [3.8, 4) is 23.0 Å². The van der Waals surface area contributed by atoms with Gasteiger partial charge in [-0.3, -0.25) is 9.59 Å². The minimum Gasteiger partial charge on any atom is -0.497 e. The molecule has 4 rings (SSSR count). The number of amides is 2. The van der Waals surface area contributed by atoms with Gasteiger partial charge < -0.3 is 29.6 Å². The predicted molar refractivity (Wildman–Crippen MR) is 152 cm³/mol. The molecule has 0 bridgehead atoms. The number of nitrogens with one attached hydrogen (secondary N) is 2. The third kappa shape index (κ3) is 7.03. The summed E-state index contributed by atoms with van der Waals surface area (Å²) in [4.78, 5) is 26.3. The van der Waals surface area contributed by atoms with Gasteiger partial charge in [0.2, 0.25) is 0 Å². The number of hydrogen-bond donors (Lipinski definition) is 2. The molecule has 0 fully saturated rings. The Morgan fingerprint density at radius 3 is 1.75 bits per heavy atom. The van der Waals surface area contributed by atoms with Gasteiger partial charge >= 0.3 is 0 Å². The van der Waals surface area contributed by atoms with Crippen molar-refractivity contribution >= 4 is 23.4 Å². The normalized spacial score (nSPS) is 10.5. The number of hydrogen-bond acceptors (Lipinski definition) is 6. The Balaban J connectivity index is 1.59. The second-order valence-corrected chi connectivity index (χ2v) is 9.03. The van der Waals surface area contributed by atoms with E-state index in [-0.39, 0.29) is 18.4 Å². The van der Waals surface area contributed by atoms with Gasteiger partial charge in [-0.05, 0) is 72.3 Å². The van der Waals surface area contributed by atoms with Crippen molar-refractivity contribution in [1.29, 1.82) is 0 Å². The van der Waals surface area contributed by atoms with Crippen LogP contribution in [0.15, 0.2) is 91.0 Å². The Hall–Kier alpha value is -4.69. The maximum Gasteiger partial charge on any atom is 0.253 e. The first kappa shape index (κ1) is 28.3. The van der Waals surface area contributed by atoms with Crippen molar-refractivity contribution in [3.63, 3.8) is 0 Å². The van der Waals surface area contributed by atoms with Gasteiger partial charge in [-0.15, -0.1) is 0 Å². The number of methoxy groups -OCH3 is 3. The first-order valence-corrected chi connectivity index (χ1v) is 12.7. The topological polar surface area (TPSA) is 95.1 Å². The molecule has 206 valence electrons. The van der Waals surface area contributed by atoms with Crippen molar-refractivity contribution in [2.24, 2.45) is 0 Å². The Morgan fingerprint density at radius 2 is 1.25 bits per heavy atom. The highest BCUT2D eigenvalue weighted by molar-refractivity contribution is 6.31. The summed E-state index contributed by atoms with van der Waals surface area (Å²) in [6.07, 6.45) is -0.893. The van der Waals surface area contributed by atoms with E-state index in [1.165, 1.54) is 7.11 Å². The molecular weight excluding hydrogens is 532 g/mol. The van der Waals surface area contributed by atoms with E-state index in [1.54, 1.807) is 87.0 Å². The van der Waals surface area contributed by atoms with Gasteiger partial charge in [-0.1, -0.05) is 35.9 Å². The van der Waals surface area contributed by atoms with E-state index in [2.05, 4.69) is 10.6 Å². The number of carbonyl (C=O) groups is 2. The highest BCUT2D eigenvalue weighted by Gasteiger charge is 2.21. The number of ether oxygens (including phenoxy) is 4. The van der Waals surface area contributed by atoms with E-state index in [4.69, 9.17) is 30.5 Å². The summed E-state index contributed by atoms with van der Waals surface area (Å²) < 4.78 is 21.9. The highest BCUT2D eigenvalue weighted by Crippen LogP contribution is 2.31. The van der Waals surface area contributed by atoms with Crippen LogP contribution in [0.1, 0.15) is 38.0 Å². The summed E-state index contributed by atoms with van der Waals surface area (Å²) in [5.41, 5.74) is 2.20. The third-order valence-electron chi connectivity index (χ3n) is 6.12. The summed E-state index contributed by atoms with van der Waals surface area (Å²) in [6.45, 7) is 0.237. The first-order valence-electron chi connectivity index (χ1n) is 12.4. The van der Waals surface area contributed by atoms with Crippen LogP contribution in [0.2, 0.25) is 5.02 Å². The zero-order valence-electron chi connectivity index (χ0n) is 22.3. The van der Waals surface area contributed by atoms with E-state index in [9.17, 15) is 9.59 Å². The summed E-state index contributed by atoms with van der Waals surface area (Å²) >= 11 is 6.26. The van der Waals surface area contributed by atoms with Gasteiger partial charge in [0.1, 0.15) is 24.3 Å². The lowest BCUT2D eigenvalue weighted by atomic mass is 10.1. The SMILES string of the molecule is COc1ccc(C(=O)NC(NC(=O)c2ccc(OC)cc2)c2ccc(OCc3ccccc3Cl)c(OC)c2)cc1. The third-order valence-corrected chi connectivity index (χ3v) is 6.49. The molecule has 0 saturated heterocycles. The Labute approximate surface area is 237 Å². The lowest BCUT2D eigenvalue weighted by molar-refractivity contribution is 0.0883. The van der Waals surface area contributed by atoms with Crippen molar-refractivity contribution in [2.45, 2.75) is 12.8 Å². The van der Waals surface area contributed by atoms with E-state index in [1.807, 2.05) is 18.2 Å². The molecule has 0 saturated carbocycles. The summed E-state index contributed by atoms with van der Waals surface area (Å²) in [6, 6.07) is 25.9. The zero-order chi connectivity index (χ0) is 28.5. The van der Waals surface area contributed by atoms with Gasteiger partial charge in [-0.25, -0.2) is 0 Å². The molecule has 0 aliphatic carbocycles. The number of halogens is 1. The van der Waals surface area contributed by atoms with Crippen LogP contribution in [0.4, 0.5) is 0 Å². The van der Waals surface area contributed by atoms with Crippen molar-refractivity contribution in [3.05, 3.63) is 118 Å². The molecule has 4 aromatic carbocycles. The molecule has 0 radical (unpaired) electrons. The van der Waals surface area contributed by atoms with Gasteiger partial charge in [0.05, 0.1) is 21.3 Å². The summed E-state index contributed by atoms with van der Waals surface area (Å²) in [5.74, 6) is 1.37. The molecule has 8 nitrogen and oxygen atoms in total. The molecule has 2 N–H and O–H groups in total. The van der Waals surface area contributed by atoms with Crippen LogP contribution in [-0.4, -0.2) is 33.1 Å². The van der Waals surface area contributed by atoms with Crippen LogP contribution in [0, 0.1) is 0 Å². The standard InChI is InChI=1S/C31H29ClN2O6/c1-37-24-13-8-20(9-14-24)30(35)33-29(34-31(36)21-10-15-25(38-2)16-11-21)22-12-17-27(28(18-22)39-3)40-19-23-6-4-5-7-26(23)32/h4-18,29H,19H2,1-3H3,(H,33,35)(H,34,36). The van der Waals surface area contributed by atoms with Gasteiger partial charge in [-0.2, -0.15) is 0 Å². The van der Waals surface area contributed by atoms with Crippen LogP contribution in [0.3, 0.4) is 0 Å². The van der Waals surface area contributed by atoms with Gasteiger partial charge in [0.25, 0.3) is 11.8 Å². The molecule has 9 heteroatoms. The molecule has 0 aliphatic rings. The minimum atomic E-state index is -0.893. The average Bonchev–Trinajstić information content (AvgIpc) is 3.00. The molecule has 0 atom stereocenters. The highest BCUT2D eigenvalue weighted by atomic mass is 35.5. The quantitative estimate of drug-likeness (QED) is 0.225. The van der Waals surface area contributed by atoms with E-state index < -0.39 is 6.17 Å². The Bertz CT molecular complexity index is 1400. The van der Waals surface area contributed by atoms with E-state index in [0.717, 1.165) is 5.56 Å². The fourth-order valence-electron chi connectivity index (χ4n) is 3.87. The Morgan fingerprint density at radius 1 is 0.700 bits per heavy atom. The molecule has 4 aromatic rings. The molecule has 0 aromatic heterocycles. The smallest absolute Gasteiger partial charge is 0.253 e. The first-order chi connectivity index (χ1) is 19.4. The van der Waals surface area contributed by atoms with Crippen LogP contribution >= 0.6 is 11.6 Å².